The Hall–Kier alpha value is -1.05. The standard InChI is InChI=1S/C13H19N.H2O4S/c1-3-14(4-2)12-8-11-13-9-6-5-7-10-13;1-4-5(2)3/h5-11H,3-4,12H2,1-2H3;1H,(H,2,3)/p-1/b11-8+;. The maximum Gasteiger partial charge on any atom is 0.0961 e. The van der Waals surface area contributed by atoms with Gasteiger partial charge in [-0.05, 0) is 25.5 Å². The molecule has 0 aliphatic heterocycles. The van der Waals surface area contributed by atoms with E-state index in [1.807, 2.05) is 6.07 Å². The van der Waals surface area contributed by atoms with Crippen molar-refractivity contribution >= 4 is 17.4 Å². The minimum atomic E-state index is -2.88. The summed E-state index contributed by atoms with van der Waals surface area (Å²) < 4.78 is 20.1. The van der Waals surface area contributed by atoms with Crippen molar-refractivity contribution in [2.24, 2.45) is 0 Å². The Morgan fingerprint density at radius 2 is 1.79 bits per heavy atom. The Balaban J connectivity index is 0.000000555. The lowest BCUT2D eigenvalue weighted by Gasteiger charge is -2.11. The van der Waals surface area contributed by atoms with E-state index in [0.717, 1.165) is 6.54 Å². The van der Waals surface area contributed by atoms with Crippen LogP contribution < -0.4 is 10.2 Å². The highest BCUT2D eigenvalue weighted by atomic mass is 32.2. The van der Waals surface area contributed by atoms with E-state index >= 15 is 0 Å². The van der Waals surface area contributed by atoms with Crippen LogP contribution in [0.4, 0.5) is 0 Å². The lowest BCUT2D eigenvalue weighted by molar-refractivity contribution is -0.890. The van der Waals surface area contributed by atoms with Crippen molar-refractivity contribution in [3.63, 3.8) is 0 Å². The smallest absolute Gasteiger partial charge is 0.0961 e. The molecule has 1 rings (SSSR count). The molecule has 0 bridgehead atoms. The number of benzene rings is 1. The molecule has 1 aromatic rings. The molecule has 108 valence electrons. The quantitative estimate of drug-likeness (QED) is 0.442. The van der Waals surface area contributed by atoms with Crippen molar-refractivity contribution in [3.8, 4) is 0 Å². The lowest BCUT2D eigenvalue weighted by atomic mass is 10.2. The molecule has 1 unspecified atom stereocenters. The molecule has 1 atom stereocenters. The molecule has 0 spiro atoms. The molecule has 0 saturated carbocycles. The summed E-state index contributed by atoms with van der Waals surface area (Å²) in [6.07, 6.45) is 4.46. The number of hydrogen-bond acceptors (Lipinski definition) is 4. The van der Waals surface area contributed by atoms with Gasteiger partial charge in [-0.2, -0.15) is 0 Å². The largest absolute Gasteiger partial charge is 0.750 e. The summed E-state index contributed by atoms with van der Waals surface area (Å²) in [5.74, 6) is 0. The van der Waals surface area contributed by atoms with Gasteiger partial charge in [0, 0.05) is 0 Å². The third-order valence-electron chi connectivity index (χ3n) is 2.57. The molecule has 0 amide bonds. The Kier molecular flexibility index (Phi) is 11.3. The van der Waals surface area contributed by atoms with Crippen LogP contribution >= 0.6 is 0 Å². The van der Waals surface area contributed by atoms with Crippen LogP contribution in [0.15, 0.2) is 36.4 Å². The highest BCUT2D eigenvalue weighted by molar-refractivity contribution is 7.73. The Morgan fingerprint density at radius 1 is 1.26 bits per heavy atom. The lowest BCUT2D eigenvalue weighted by Crippen LogP contribution is -3.11. The fourth-order valence-electron chi connectivity index (χ4n) is 1.46. The zero-order chi connectivity index (χ0) is 14.5. The van der Waals surface area contributed by atoms with Crippen LogP contribution in [0.1, 0.15) is 19.4 Å². The SMILES string of the molecule is CC[NH+](CC)C/C=C/c1ccccc1.O=S([O-])O[O-]. The van der Waals surface area contributed by atoms with Gasteiger partial charge < -0.3 is 19.0 Å². The van der Waals surface area contributed by atoms with Gasteiger partial charge >= 0.3 is 0 Å². The maximum atomic E-state index is 8.83. The van der Waals surface area contributed by atoms with Crippen LogP contribution in [0.3, 0.4) is 0 Å². The van der Waals surface area contributed by atoms with Gasteiger partial charge in [0.1, 0.15) is 0 Å². The molecule has 5 nitrogen and oxygen atoms in total. The number of nitrogens with one attached hydrogen (secondary N) is 1. The van der Waals surface area contributed by atoms with E-state index in [9.17, 15) is 0 Å². The predicted octanol–water partition coefficient (Wildman–Crippen LogP) is -0.303. The van der Waals surface area contributed by atoms with Crippen molar-refractivity contribution in [2.75, 3.05) is 19.6 Å². The molecule has 0 saturated heterocycles. The van der Waals surface area contributed by atoms with E-state index in [4.69, 9.17) is 14.0 Å². The van der Waals surface area contributed by atoms with Gasteiger partial charge in [0.25, 0.3) is 0 Å². The number of likely N-dealkylation sites (N-methyl/N-ethyl adjacent to an activating group) is 1. The van der Waals surface area contributed by atoms with E-state index in [2.05, 4.69) is 54.6 Å². The zero-order valence-corrected chi connectivity index (χ0v) is 12.0. The molecule has 0 fully saturated rings. The Labute approximate surface area is 116 Å². The zero-order valence-electron chi connectivity index (χ0n) is 11.2. The van der Waals surface area contributed by atoms with Gasteiger partial charge in [-0.3, -0.25) is 0 Å². The first-order valence-electron chi connectivity index (χ1n) is 6.08. The van der Waals surface area contributed by atoms with Gasteiger partial charge in [0.05, 0.1) is 31.0 Å². The summed E-state index contributed by atoms with van der Waals surface area (Å²) >= 11 is -2.88. The average molecular weight is 286 g/mol. The third-order valence-corrected chi connectivity index (χ3v) is 2.68. The van der Waals surface area contributed by atoms with Crippen molar-refractivity contribution in [2.45, 2.75) is 13.8 Å². The van der Waals surface area contributed by atoms with E-state index in [1.54, 1.807) is 4.90 Å². The van der Waals surface area contributed by atoms with Gasteiger partial charge in [-0.25, -0.2) is 4.21 Å². The maximum absolute atomic E-state index is 8.83. The van der Waals surface area contributed by atoms with Gasteiger partial charge in [0.2, 0.25) is 0 Å². The fraction of sp³-hybridized carbons (Fsp3) is 0.385. The topological polar surface area (TPSA) is 76.9 Å². The first kappa shape index (κ1) is 17.9. The number of quaternary nitrogens is 1. The molecule has 0 radical (unpaired) electrons. The van der Waals surface area contributed by atoms with Crippen LogP contribution in [-0.4, -0.2) is 28.4 Å². The van der Waals surface area contributed by atoms with E-state index in [1.165, 1.54) is 18.7 Å². The second-order valence-electron chi connectivity index (χ2n) is 3.75. The first-order valence-corrected chi connectivity index (χ1v) is 7.08. The van der Waals surface area contributed by atoms with Gasteiger partial charge in [-0.15, -0.1) is 0 Å². The summed E-state index contributed by atoms with van der Waals surface area (Å²) in [6.45, 7) is 8.00. The summed E-state index contributed by atoms with van der Waals surface area (Å²) in [5.41, 5.74) is 1.29. The normalized spacial score (nSPS) is 12.3. The molecular weight excluding hydrogens is 266 g/mol. The highest BCUT2D eigenvalue weighted by Crippen LogP contribution is 1.99. The molecule has 0 heterocycles. The molecule has 0 aliphatic carbocycles. The summed E-state index contributed by atoms with van der Waals surface area (Å²) in [5, 5.41) is 8.52. The molecule has 0 aromatic heterocycles. The number of hydrogen-bond donors (Lipinski definition) is 1. The minimum absolute atomic E-state index is 1.13. The minimum Gasteiger partial charge on any atom is -0.750 e. The van der Waals surface area contributed by atoms with Gasteiger partial charge in [-0.1, -0.05) is 36.4 Å². The summed E-state index contributed by atoms with van der Waals surface area (Å²) in [7, 11) is 0. The van der Waals surface area contributed by atoms with Crippen molar-refractivity contribution in [1.82, 2.24) is 0 Å². The monoisotopic (exact) mass is 286 g/mol. The van der Waals surface area contributed by atoms with Crippen LogP contribution in [0, 0.1) is 0 Å². The van der Waals surface area contributed by atoms with Crippen LogP contribution in [0.5, 0.6) is 0 Å². The average Bonchev–Trinajstić information content (AvgIpc) is 2.45. The molecule has 1 aromatic carbocycles. The van der Waals surface area contributed by atoms with Crippen molar-refractivity contribution in [3.05, 3.63) is 42.0 Å². The molecule has 1 N–H and O–H groups in total. The van der Waals surface area contributed by atoms with Crippen LogP contribution in [0.25, 0.3) is 6.08 Å². The highest BCUT2D eigenvalue weighted by Gasteiger charge is 1.96. The van der Waals surface area contributed by atoms with Crippen molar-refractivity contribution in [1.29, 1.82) is 0 Å². The van der Waals surface area contributed by atoms with E-state index < -0.39 is 11.4 Å². The molecule has 0 aliphatic rings. The first-order chi connectivity index (χ1) is 9.13. The molecule has 19 heavy (non-hydrogen) atoms. The van der Waals surface area contributed by atoms with Crippen LogP contribution in [0.2, 0.25) is 0 Å². The third kappa shape index (κ3) is 10.5. The molecule has 6 heteroatoms. The predicted molar refractivity (Wildman–Crippen MR) is 72.4 cm³/mol. The second kappa shape index (κ2) is 12.0. The van der Waals surface area contributed by atoms with Crippen LogP contribution in [-0.2, 0) is 15.7 Å². The van der Waals surface area contributed by atoms with Gasteiger partial charge in [0.15, 0.2) is 0 Å². The summed E-state index contributed by atoms with van der Waals surface area (Å²) in [6, 6.07) is 10.5. The molecular formula is C13H20NO4S-. The second-order valence-corrected chi connectivity index (χ2v) is 4.29. The summed E-state index contributed by atoms with van der Waals surface area (Å²) in [4.78, 5) is 1.62. The fourth-order valence-corrected chi connectivity index (χ4v) is 1.46. The Morgan fingerprint density at radius 3 is 2.21 bits per heavy atom. The van der Waals surface area contributed by atoms with E-state index in [-0.39, 0.29) is 0 Å². The van der Waals surface area contributed by atoms with Crippen molar-refractivity contribution < 1.29 is 23.3 Å². The van der Waals surface area contributed by atoms with E-state index in [0.29, 0.717) is 0 Å². The number of rotatable bonds is 6. The Bertz CT molecular complexity index is 366.